The molecule has 2 aromatic rings. The highest BCUT2D eigenvalue weighted by molar-refractivity contribution is 5.74. The van der Waals surface area contributed by atoms with Crippen molar-refractivity contribution in [3.63, 3.8) is 0 Å². The standard InChI is InChI=1S/C13H14F3N5/c1-21(2)9-6-4-3-5-8(9)18-11-7-10(17)19-12(20-11)13(14,15)16/h3-7H,1-2H3,(H3,17,18,19,20). The SMILES string of the molecule is CN(C)c1ccccc1Nc1cc(N)nc(C(F)(F)F)n1. The van der Waals surface area contributed by atoms with Crippen molar-refractivity contribution in [1.82, 2.24) is 9.97 Å². The number of nitrogens with two attached hydrogens (primary N) is 1. The lowest BCUT2D eigenvalue weighted by molar-refractivity contribution is -0.144. The number of para-hydroxylation sites is 2. The summed E-state index contributed by atoms with van der Waals surface area (Å²) in [6.07, 6.45) is -4.65. The van der Waals surface area contributed by atoms with E-state index in [0.29, 0.717) is 5.69 Å². The Labute approximate surface area is 119 Å². The Bertz CT molecular complexity index is 640. The van der Waals surface area contributed by atoms with Gasteiger partial charge in [0.05, 0.1) is 11.4 Å². The van der Waals surface area contributed by atoms with Gasteiger partial charge in [0.2, 0.25) is 5.82 Å². The van der Waals surface area contributed by atoms with Gasteiger partial charge in [0.1, 0.15) is 11.6 Å². The van der Waals surface area contributed by atoms with E-state index in [9.17, 15) is 13.2 Å². The van der Waals surface area contributed by atoms with Gasteiger partial charge in [-0.15, -0.1) is 0 Å². The van der Waals surface area contributed by atoms with Gasteiger partial charge in [-0.25, -0.2) is 9.97 Å². The van der Waals surface area contributed by atoms with Crippen molar-refractivity contribution >= 4 is 23.0 Å². The molecule has 0 radical (unpaired) electrons. The van der Waals surface area contributed by atoms with E-state index in [1.807, 2.05) is 31.1 Å². The molecule has 0 saturated heterocycles. The van der Waals surface area contributed by atoms with Gasteiger partial charge in [0, 0.05) is 20.2 Å². The fraction of sp³-hybridized carbons (Fsp3) is 0.231. The summed E-state index contributed by atoms with van der Waals surface area (Å²) in [5.41, 5.74) is 6.83. The molecule has 0 aliphatic rings. The van der Waals surface area contributed by atoms with Gasteiger partial charge in [-0.3, -0.25) is 0 Å². The molecule has 112 valence electrons. The molecule has 0 atom stereocenters. The first-order valence-electron chi connectivity index (χ1n) is 6.02. The minimum atomic E-state index is -4.65. The lowest BCUT2D eigenvalue weighted by atomic mass is 10.2. The lowest BCUT2D eigenvalue weighted by Gasteiger charge is -2.18. The zero-order valence-electron chi connectivity index (χ0n) is 11.4. The van der Waals surface area contributed by atoms with Crippen LogP contribution in [0.1, 0.15) is 5.82 Å². The smallest absolute Gasteiger partial charge is 0.384 e. The maximum absolute atomic E-state index is 12.7. The van der Waals surface area contributed by atoms with Crippen LogP contribution in [-0.4, -0.2) is 24.1 Å². The third kappa shape index (κ3) is 3.53. The van der Waals surface area contributed by atoms with Crippen LogP contribution in [0.2, 0.25) is 0 Å². The quantitative estimate of drug-likeness (QED) is 0.912. The molecule has 0 saturated carbocycles. The predicted octanol–water partition coefficient (Wildman–Crippen LogP) is 2.89. The molecular weight excluding hydrogens is 283 g/mol. The van der Waals surface area contributed by atoms with Crippen LogP contribution in [0.25, 0.3) is 0 Å². The molecule has 1 heterocycles. The van der Waals surface area contributed by atoms with Crippen LogP contribution in [0.3, 0.4) is 0 Å². The summed E-state index contributed by atoms with van der Waals surface area (Å²) in [7, 11) is 3.66. The summed E-state index contributed by atoms with van der Waals surface area (Å²) >= 11 is 0. The van der Waals surface area contributed by atoms with E-state index in [4.69, 9.17) is 5.73 Å². The Morgan fingerprint density at radius 3 is 2.43 bits per heavy atom. The van der Waals surface area contributed by atoms with Crippen molar-refractivity contribution in [2.24, 2.45) is 0 Å². The second-order valence-electron chi connectivity index (χ2n) is 4.54. The third-order valence-corrected chi connectivity index (χ3v) is 2.65. The zero-order valence-corrected chi connectivity index (χ0v) is 11.4. The van der Waals surface area contributed by atoms with Gasteiger partial charge in [0.15, 0.2) is 0 Å². The van der Waals surface area contributed by atoms with E-state index < -0.39 is 12.0 Å². The number of hydrogen-bond donors (Lipinski definition) is 2. The number of halogens is 3. The normalized spacial score (nSPS) is 11.3. The molecule has 3 N–H and O–H groups in total. The van der Waals surface area contributed by atoms with E-state index in [0.717, 1.165) is 5.69 Å². The van der Waals surface area contributed by atoms with E-state index >= 15 is 0 Å². The van der Waals surface area contributed by atoms with Crippen molar-refractivity contribution in [3.8, 4) is 0 Å². The van der Waals surface area contributed by atoms with Crippen LogP contribution in [0, 0.1) is 0 Å². The van der Waals surface area contributed by atoms with Crippen LogP contribution < -0.4 is 16.0 Å². The number of hydrogen-bond acceptors (Lipinski definition) is 5. The fourth-order valence-corrected chi connectivity index (χ4v) is 1.76. The van der Waals surface area contributed by atoms with Gasteiger partial charge in [0.25, 0.3) is 0 Å². The highest BCUT2D eigenvalue weighted by atomic mass is 19.4. The van der Waals surface area contributed by atoms with Crippen LogP contribution in [-0.2, 0) is 6.18 Å². The van der Waals surface area contributed by atoms with Crippen molar-refractivity contribution in [3.05, 3.63) is 36.2 Å². The molecule has 0 unspecified atom stereocenters. The van der Waals surface area contributed by atoms with Gasteiger partial charge < -0.3 is 16.0 Å². The summed E-state index contributed by atoms with van der Waals surface area (Å²) in [4.78, 5) is 8.48. The van der Waals surface area contributed by atoms with Gasteiger partial charge in [-0.2, -0.15) is 13.2 Å². The van der Waals surface area contributed by atoms with Crippen LogP contribution >= 0.6 is 0 Å². The number of nitrogens with zero attached hydrogens (tertiary/aromatic N) is 3. The van der Waals surface area contributed by atoms with Crippen LogP contribution in [0.5, 0.6) is 0 Å². The summed E-state index contributed by atoms with van der Waals surface area (Å²) in [5.74, 6) is -1.53. The second-order valence-corrected chi connectivity index (χ2v) is 4.54. The number of rotatable bonds is 3. The Kier molecular flexibility index (Phi) is 3.88. The number of benzene rings is 1. The van der Waals surface area contributed by atoms with Crippen LogP contribution in [0.4, 0.5) is 36.2 Å². The predicted molar refractivity (Wildman–Crippen MR) is 75.5 cm³/mol. The number of aromatic nitrogens is 2. The monoisotopic (exact) mass is 297 g/mol. The maximum atomic E-state index is 12.7. The van der Waals surface area contributed by atoms with E-state index in [1.165, 1.54) is 6.07 Å². The largest absolute Gasteiger partial charge is 0.451 e. The fourth-order valence-electron chi connectivity index (χ4n) is 1.76. The minimum Gasteiger partial charge on any atom is -0.384 e. The molecule has 0 bridgehead atoms. The number of anilines is 4. The molecule has 1 aromatic heterocycles. The first-order chi connectivity index (χ1) is 9.77. The maximum Gasteiger partial charge on any atom is 0.451 e. The molecule has 0 amide bonds. The first kappa shape index (κ1) is 14.9. The Morgan fingerprint density at radius 2 is 1.81 bits per heavy atom. The van der Waals surface area contributed by atoms with E-state index in [1.54, 1.807) is 12.1 Å². The minimum absolute atomic E-state index is 0.0101. The Hall–Kier alpha value is -2.51. The van der Waals surface area contributed by atoms with Gasteiger partial charge >= 0.3 is 6.18 Å². The van der Waals surface area contributed by atoms with Gasteiger partial charge in [-0.05, 0) is 12.1 Å². The number of nitrogen functional groups attached to an aromatic ring is 1. The molecule has 0 aliphatic heterocycles. The summed E-state index contributed by atoms with van der Waals surface area (Å²) in [6.45, 7) is 0. The molecule has 2 rings (SSSR count). The van der Waals surface area contributed by atoms with Crippen molar-refractivity contribution < 1.29 is 13.2 Å². The molecule has 8 heteroatoms. The van der Waals surface area contributed by atoms with Crippen LogP contribution in [0.15, 0.2) is 30.3 Å². The zero-order chi connectivity index (χ0) is 15.6. The number of alkyl halides is 3. The molecule has 21 heavy (non-hydrogen) atoms. The van der Waals surface area contributed by atoms with Crippen molar-refractivity contribution in [2.75, 3.05) is 30.0 Å². The van der Waals surface area contributed by atoms with Crippen molar-refractivity contribution in [1.29, 1.82) is 0 Å². The van der Waals surface area contributed by atoms with E-state index in [-0.39, 0.29) is 11.6 Å². The third-order valence-electron chi connectivity index (χ3n) is 2.65. The number of nitrogens with one attached hydrogen (secondary N) is 1. The van der Waals surface area contributed by atoms with Gasteiger partial charge in [-0.1, -0.05) is 12.1 Å². The topological polar surface area (TPSA) is 67.1 Å². The molecule has 0 aliphatic carbocycles. The summed E-state index contributed by atoms with van der Waals surface area (Å²) in [5, 5.41) is 2.83. The Morgan fingerprint density at radius 1 is 1.14 bits per heavy atom. The highest BCUT2D eigenvalue weighted by Crippen LogP contribution is 2.30. The molecule has 0 spiro atoms. The van der Waals surface area contributed by atoms with Crippen molar-refractivity contribution in [2.45, 2.75) is 6.18 Å². The summed E-state index contributed by atoms with van der Waals surface area (Å²) in [6, 6.07) is 8.42. The molecular formula is C13H14F3N5. The Balaban J connectivity index is 2.39. The second kappa shape index (κ2) is 5.47. The van der Waals surface area contributed by atoms with E-state index in [2.05, 4.69) is 15.3 Å². The molecule has 0 fully saturated rings. The molecule has 5 nitrogen and oxygen atoms in total. The lowest BCUT2D eigenvalue weighted by Crippen LogP contribution is -2.14. The molecule has 1 aromatic carbocycles. The average molecular weight is 297 g/mol. The average Bonchev–Trinajstić information content (AvgIpc) is 2.37. The first-order valence-corrected chi connectivity index (χ1v) is 6.02. The summed E-state index contributed by atoms with van der Waals surface area (Å²) < 4.78 is 38.0. The highest BCUT2D eigenvalue weighted by Gasteiger charge is 2.35.